The zero-order valence-corrected chi connectivity index (χ0v) is 11.0. The Morgan fingerprint density at radius 1 is 1.26 bits per heavy atom. The number of hydrogen-bond acceptors (Lipinski definition) is 5. The van der Waals surface area contributed by atoms with Gasteiger partial charge in [-0.25, -0.2) is 0 Å². The molecule has 0 fully saturated rings. The van der Waals surface area contributed by atoms with Gasteiger partial charge in [-0.1, -0.05) is 23.4 Å². The van der Waals surface area contributed by atoms with Gasteiger partial charge in [0.05, 0.1) is 12.8 Å². The summed E-state index contributed by atoms with van der Waals surface area (Å²) in [5.74, 6) is 1.56. The van der Waals surface area contributed by atoms with Crippen molar-refractivity contribution in [1.29, 1.82) is 0 Å². The number of nitrogens with zero attached hydrogens (tertiary/aromatic N) is 1. The molecule has 5 nitrogen and oxygen atoms in total. The molecule has 5 heteroatoms. The molecule has 0 aliphatic heterocycles. The van der Waals surface area contributed by atoms with Crippen LogP contribution >= 0.6 is 0 Å². The van der Waals surface area contributed by atoms with Gasteiger partial charge < -0.3 is 19.3 Å². The number of nitrogens with one attached hydrogen (secondary N) is 1. The highest BCUT2D eigenvalue weighted by Gasteiger charge is 2.04. The van der Waals surface area contributed by atoms with Gasteiger partial charge in [0.15, 0.2) is 5.76 Å². The van der Waals surface area contributed by atoms with Crippen LogP contribution in [0.3, 0.4) is 0 Å². The fourth-order valence-electron chi connectivity index (χ4n) is 1.65. The van der Waals surface area contributed by atoms with Crippen LogP contribution in [0.25, 0.3) is 0 Å². The van der Waals surface area contributed by atoms with E-state index in [0.29, 0.717) is 19.0 Å². The highest BCUT2D eigenvalue weighted by atomic mass is 16.5. The Kier molecular flexibility index (Phi) is 5.40. The molecule has 0 amide bonds. The van der Waals surface area contributed by atoms with Crippen LogP contribution < -0.4 is 10.1 Å². The van der Waals surface area contributed by atoms with Gasteiger partial charge >= 0.3 is 0 Å². The predicted octanol–water partition coefficient (Wildman–Crippen LogP) is 1.99. The number of methoxy groups -OCH3 is 1. The van der Waals surface area contributed by atoms with Crippen LogP contribution in [0.15, 0.2) is 41.1 Å². The Labute approximate surface area is 112 Å². The number of hydrogen-bond donors (Lipinski definition) is 1. The normalized spacial score (nSPS) is 10.6. The minimum atomic E-state index is 0.384. The maximum atomic E-state index is 5.73. The van der Waals surface area contributed by atoms with E-state index in [4.69, 9.17) is 14.0 Å². The molecule has 0 aliphatic rings. The van der Waals surface area contributed by atoms with Gasteiger partial charge in [0.1, 0.15) is 12.4 Å². The highest BCUT2D eigenvalue weighted by Crippen LogP contribution is 2.19. The number of benzene rings is 1. The van der Waals surface area contributed by atoms with Crippen molar-refractivity contribution in [3.63, 3.8) is 0 Å². The summed E-state index contributed by atoms with van der Waals surface area (Å²) in [4.78, 5) is 0. The fourth-order valence-corrected chi connectivity index (χ4v) is 1.65. The molecule has 0 aliphatic carbocycles. The summed E-state index contributed by atoms with van der Waals surface area (Å²) in [5, 5.41) is 6.94. The first-order valence-electron chi connectivity index (χ1n) is 6.20. The van der Waals surface area contributed by atoms with E-state index in [-0.39, 0.29) is 0 Å². The van der Waals surface area contributed by atoms with Gasteiger partial charge in [0.25, 0.3) is 0 Å². The van der Waals surface area contributed by atoms with E-state index in [9.17, 15) is 0 Å². The summed E-state index contributed by atoms with van der Waals surface area (Å²) in [6.45, 7) is 2.64. The molecule has 1 heterocycles. The second-order valence-electron chi connectivity index (χ2n) is 4.04. The topological polar surface area (TPSA) is 56.5 Å². The van der Waals surface area contributed by atoms with Crippen molar-refractivity contribution in [2.75, 3.05) is 20.3 Å². The molecule has 2 aromatic rings. The standard InChI is InChI=1S/C14H18N2O3/c1-17-9-8-15-10-12-4-2-3-5-14(12)18-11-13-6-7-16-19-13/h2-7,15H,8-11H2,1H3. The largest absolute Gasteiger partial charge is 0.485 e. The summed E-state index contributed by atoms with van der Waals surface area (Å²) in [6.07, 6.45) is 1.61. The highest BCUT2D eigenvalue weighted by molar-refractivity contribution is 5.33. The van der Waals surface area contributed by atoms with Gasteiger partial charge in [-0.2, -0.15) is 0 Å². The molecule has 0 atom stereocenters. The Bertz CT molecular complexity index is 471. The van der Waals surface area contributed by atoms with Crippen molar-refractivity contribution in [2.45, 2.75) is 13.2 Å². The van der Waals surface area contributed by atoms with E-state index in [1.165, 1.54) is 0 Å². The third-order valence-corrected chi connectivity index (χ3v) is 2.63. The Hall–Kier alpha value is -1.85. The third-order valence-electron chi connectivity index (χ3n) is 2.63. The zero-order chi connectivity index (χ0) is 13.3. The van der Waals surface area contributed by atoms with Crippen molar-refractivity contribution in [1.82, 2.24) is 10.5 Å². The third kappa shape index (κ3) is 4.39. The lowest BCUT2D eigenvalue weighted by Crippen LogP contribution is -2.19. The Balaban J connectivity index is 1.88. The molecule has 0 saturated heterocycles. The molecular formula is C14H18N2O3. The maximum absolute atomic E-state index is 5.73. The summed E-state index contributed by atoms with van der Waals surface area (Å²) in [6, 6.07) is 9.72. The molecule has 2 rings (SSSR count). The lowest BCUT2D eigenvalue weighted by Gasteiger charge is -2.11. The molecule has 0 unspecified atom stereocenters. The average molecular weight is 262 g/mol. The maximum Gasteiger partial charge on any atom is 0.174 e. The zero-order valence-electron chi connectivity index (χ0n) is 11.0. The fraction of sp³-hybridized carbons (Fsp3) is 0.357. The molecule has 19 heavy (non-hydrogen) atoms. The van der Waals surface area contributed by atoms with Crippen LogP contribution in [0.5, 0.6) is 5.75 Å². The van der Waals surface area contributed by atoms with E-state index in [0.717, 1.165) is 24.4 Å². The van der Waals surface area contributed by atoms with E-state index in [1.807, 2.05) is 24.3 Å². The molecule has 1 aromatic heterocycles. The quantitative estimate of drug-likeness (QED) is 0.737. The predicted molar refractivity (Wildman–Crippen MR) is 70.9 cm³/mol. The summed E-state index contributed by atoms with van der Waals surface area (Å²) in [7, 11) is 1.69. The Morgan fingerprint density at radius 3 is 2.95 bits per heavy atom. The summed E-state index contributed by atoms with van der Waals surface area (Å²) >= 11 is 0. The van der Waals surface area contributed by atoms with Gasteiger partial charge in [-0.05, 0) is 6.07 Å². The average Bonchev–Trinajstić information content (AvgIpc) is 2.96. The monoisotopic (exact) mass is 262 g/mol. The number of ether oxygens (including phenoxy) is 2. The SMILES string of the molecule is COCCNCc1ccccc1OCc1ccno1. The molecule has 0 bridgehead atoms. The van der Waals surface area contributed by atoms with Gasteiger partial charge in [-0.3, -0.25) is 0 Å². The van der Waals surface area contributed by atoms with Crippen LogP contribution in [0.1, 0.15) is 11.3 Å². The van der Waals surface area contributed by atoms with Crippen molar-refractivity contribution in [2.24, 2.45) is 0 Å². The molecule has 0 saturated carbocycles. The number of para-hydroxylation sites is 1. The van der Waals surface area contributed by atoms with E-state index >= 15 is 0 Å². The van der Waals surface area contributed by atoms with Crippen LogP contribution in [-0.2, 0) is 17.9 Å². The van der Waals surface area contributed by atoms with Crippen LogP contribution in [0.2, 0.25) is 0 Å². The molecular weight excluding hydrogens is 244 g/mol. The lowest BCUT2D eigenvalue weighted by molar-refractivity contribution is 0.198. The number of aromatic nitrogens is 1. The van der Waals surface area contributed by atoms with Crippen LogP contribution in [-0.4, -0.2) is 25.4 Å². The van der Waals surface area contributed by atoms with Gasteiger partial charge in [0, 0.05) is 31.8 Å². The second kappa shape index (κ2) is 7.56. The molecule has 102 valence electrons. The Morgan fingerprint density at radius 2 is 2.16 bits per heavy atom. The first-order valence-corrected chi connectivity index (χ1v) is 6.20. The first-order chi connectivity index (χ1) is 9.40. The van der Waals surface area contributed by atoms with Crippen molar-refractivity contribution in [3.8, 4) is 5.75 Å². The number of rotatable bonds is 8. The molecule has 0 radical (unpaired) electrons. The van der Waals surface area contributed by atoms with Crippen LogP contribution in [0.4, 0.5) is 0 Å². The summed E-state index contributed by atoms with van der Waals surface area (Å²) < 4.78 is 15.7. The van der Waals surface area contributed by atoms with Crippen LogP contribution in [0, 0.1) is 0 Å². The van der Waals surface area contributed by atoms with E-state index in [2.05, 4.69) is 10.5 Å². The van der Waals surface area contributed by atoms with Gasteiger partial charge in [0.2, 0.25) is 0 Å². The minimum Gasteiger partial charge on any atom is -0.485 e. The molecule has 1 aromatic carbocycles. The van der Waals surface area contributed by atoms with Gasteiger partial charge in [-0.15, -0.1) is 0 Å². The second-order valence-corrected chi connectivity index (χ2v) is 4.04. The first kappa shape index (κ1) is 13.6. The smallest absolute Gasteiger partial charge is 0.174 e. The van der Waals surface area contributed by atoms with E-state index in [1.54, 1.807) is 19.4 Å². The van der Waals surface area contributed by atoms with E-state index < -0.39 is 0 Å². The van der Waals surface area contributed by atoms with Crippen molar-refractivity contribution in [3.05, 3.63) is 47.9 Å². The summed E-state index contributed by atoms with van der Waals surface area (Å²) in [5.41, 5.74) is 1.11. The lowest BCUT2D eigenvalue weighted by atomic mass is 10.2. The molecule has 1 N–H and O–H groups in total. The molecule has 0 spiro atoms. The van der Waals surface area contributed by atoms with Crippen molar-refractivity contribution >= 4 is 0 Å². The van der Waals surface area contributed by atoms with Crippen molar-refractivity contribution < 1.29 is 14.0 Å². The minimum absolute atomic E-state index is 0.384.